The van der Waals surface area contributed by atoms with Gasteiger partial charge in [0.05, 0.1) is 11.3 Å². The average molecular weight is 282 g/mol. The maximum Gasteiger partial charge on any atom is 0.335 e. The summed E-state index contributed by atoms with van der Waals surface area (Å²) in [5.74, 6) is -1.55. The van der Waals surface area contributed by atoms with E-state index < -0.39 is 18.0 Å². The molecule has 0 saturated carbocycles. The van der Waals surface area contributed by atoms with Crippen LogP contribution in [-0.4, -0.2) is 41.3 Å². The van der Waals surface area contributed by atoms with Gasteiger partial charge in [0, 0.05) is 13.1 Å². The van der Waals surface area contributed by atoms with E-state index in [1.165, 1.54) is 12.1 Å². The summed E-state index contributed by atoms with van der Waals surface area (Å²) in [5, 5.41) is 25.3. The predicted octanol–water partition coefficient (Wildman–Crippen LogP) is -0.120. The minimum absolute atomic E-state index is 0.0651. The topological polar surface area (TPSA) is 154 Å². The van der Waals surface area contributed by atoms with Gasteiger partial charge < -0.3 is 31.9 Å². The number of carboxylic acids is 1. The molecular weight excluding hydrogens is 268 g/mol. The number of urea groups is 2. The molecule has 0 heterocycles. The maximum atomic E-state index is 11.4. The number of rotatable bonds is 5. The summed E-state index contributed by atoms with van der Waals surface area (Å²) in [5.41, 5.74) is 4.80. The fourth-order valence-corrected chi connectivity index (χ4v) is 1.30. The van der Waals surface area contributed by atoms with E-state index in [1.54, 1.807) is 0 Å². The molecule has 0 aliphatic carbocycles. The first-order chi connectivity index (χ1) is 9.40. The lowest BCUT2D eigenvalue weighted by atomic mass is 10.2. The minimum atomic E-state index is -1.19. The highest BCUT2D eigenvalue weighted by molar-refractivity contribution is 5.93. The molecule has 9 heteroatoms. The number of phenolic OH excluding ortho intramolecular Hbond substituents is 1. The summed E-state index contributed by atoms with van der Waals surface area (Å²) < 4.78 is 0. The van der Waals surface area contributed by atoms with Crippen LogP contribution in [0.1, 0.15) is 10.4 Å². The van der Waals surface area contributed by atoms with Crippen molar-refractivity contribution in [2.75, 3.05) is 18.4 Å². The second-order valence-corrected chi connectivity index (χ2v) is 3.71. The molecule has 0 atom stereocenters. The molecule has 4 amide bonds. The number of aromatic hydroxyl groups is 1. The molecular formula is C11H14N4O5. The third-order valence-corrected chi connectivity index (χ3v) is 2.20. The second-order valence-electron chi connectivity index (χ2n) is 3.71. The van der Waals surface area contributed by atoms with Crippen molar-refractivity contribution in [3.05, 3.63) is 23.8 Å². The Morgan fingerprint density at radius 1 is 1.15 bits per heavy atom. The van der Waals surface area contributed by atoms with Crippen LogP contribution in [0.5, 0.6) is 5.75 Å². The molecule has 0 spiro atoms. The Morgan fingerprint density at radius 2 is 1.80 bits per heavy atom. The number of nitrogens with two attached hydrogens (primary N) is 1. The number of carbonyl (C=O) groups excluding carboxylic acids is 2. The summed E-state index contributed by atoms with van der Waals surface area (Å²) in [7, 11) is 0. The van der Waals surface area contributed by atoms with E-state index in [0.717, 1.165) is 6.07 Å². The SMILES string of the molecule is NC(=O)NCCNC(=O)Nc1ccc(C(=O)O)cc1O. The number of benzene rings is 1. The van der Waals surface area contributed by atoms with Crippen LogP contribution in [0.4, 0.5) is 15.3 Å². The molecule has 0 unspecified atom stereocenters. The highest BCUT2D eigenvalue weighted by Gasteiger charge is 2.09. The lowest BCUT2D eigenvalue weighted by molar-refractivity contribution is 0.0696. The van der Waals surface area contributed by atoms with Crippen LogP contribution >= 0.6 is 0 Å². The number of primary amides is 1. The molecule has 1 aromatic carbocycles. The molecule has 0 aliphatic rings. The van der Waals surface area contributed by atoms with Gasteiger partial charge in [-0.15, -0.1) is 0 Å². The largest absolute Gasteiger partial charge is 0.506 e. The van der Waals surface area contributed by atoms with Crippen molar-refractivity contribution in [2.45, 2.75) is 0 Å². The molecule has 0 fully saturated rings. The van der Waals surface area contributed by atoms with Gasteiger partial charge in [-0.05, 0) is 18.2 Å². The number of nitrogens with one attached hydrogen (secondary N) is 3. The zero-order valence-electron chi connectivity index (χ0n) is 10.3. The molecule has 1 rings (SSSR count). The molecule has 108 valence electrons. The first kappa shape index (κ1) is 15.1. The average Bonchev–Trinajstić information content (AvgIpc) is 2.36. The van der Waals surface area contributed by atoms with Crippen molar-refractivity contribution in [3.8, 4) is 5.75 Å². The van der Waals surface area contributed by atoms with Gasteiger partial charge >= 0.3 is 18.0 Å². The summed E-state index contributed by atoms with van der Waals surface area (Å²) in [6.07, 6.45) is 0. The fourth-order valence-electron chi connectivity index (χ4n) is 1.30. The molecule has 9 nitrogen and oxygen atoms in total. The van der Waals surface area contributed by atoms with Gasteiger partial charge in [0.25, 0.3) is 0 Å². The van der Waals surface area contributed by atoms with Gasteiger partial charge in [-0.3, -0.25) is 0 Å². The highest BCUT2D eigenvalue weighted by Crippen LogP contribution is 2.24. The van der Waals surface area contributed by atoms with Gasteiger partial charge in [0.1, 0.15) is 5.75 Å². The van der Waals surface area contributed by atoms with Gasteiger partial charge in [0.15, 0.2) is 0 Å². The minimum Gasteiger partial charge on any atom is -0.506 e. The number of hydrogen-bond acceptors (Lipinski definition) is 4. The van der Waals surface area contributed by atoms with E-state index in [2.05, 4.69) is 16.0 Å². The predicted molar refractivity (Wildman–Crippen MR) is 69.7 cm³/mol. The van der Waals surface area contributed by atoms with Crippen LogP contribution in [0.2, 0.25) is 0 Å². The molecule has 20 heavy (non-hydrogen) atoms. The number of phenols is 1. The van der Waals surface area contributed by atoms with E-state index >= 15 is 0 Å². The van der Waals surface area contributed by atoms with E-state index in [0.29, 0.717) is 0 Å². The molecule has 1 aromatic rings. The molecule has 0 bridgehead atoms. The van der Waals surface area contributed by atoms with E-state index in [1.807, 2.05) is 0 Å². The number of hydrogen-bond donors (Lipinski definition) is 6. The van der Waals surface area contributed by atoms with Gasteiger partial charge in [-0.1, -0.05) is 0 Å². The summed E-state index contributed by atoms with van der Waals surface area (Å²) >= 11 is 0. The zero-order valence-corrected chi connectivity index (χ0v) is 10.3. The first-order valence-electron chi connectivity index (χ1n) is 5.54. The summed E-state index contributed by atoms with van der Waals surface area (Å²) in [6, 6.07) is 2.21. The van der Waals surface area contributed by atoms with Gasteiger partial charge in [0.2, 0.25) is 0 Å². The fraction of sp³-hybridized carbons (Fsp3) is 0.182. The Labute approximate surface area is 113 Å². The Bertz CT molecular complexity index is 532. The normalized spacial score (nSPS) is 9.60. The lowest BCUT2D eigenvalue weighted by Gasteiger charge is -2.09. The molecule has 0 saturated heterocycles. The van der Waals surface area contributed by atoms with Crippen molar-refractivity contribution in [3.63, 3.8) is 0 Å². The molecule has 0 radical (unpaired) electrons. The standard InChI is InChI=1S/C11H14N4O5/c12-10(19)13-3-4-14-11(20)15-7-2-1-6(9(17)18)5-8(7)16/h1-2,5,16H,3-4H2,(H,17,18)(H3,12,13,19)(H2,14,15,20). The molecule has 0 aliphatic heterocycles. The smallest absolute Gasteiger partial charge is 0.335 e. The quantitative estimate of drug-likeness (QED) is 0.328. The van der Waals surface area contributed by atoms with Gasteiger partial charge in [-0.2, -0.15) is 0 Å². The highest BCUT2D eigenvalue weighted by atomic mass is 16.4. The van der Waals surface area contributed by atoms with E-state index in [9.17, 15) is 19.5 Å². The summed E-state index contributed by atoms with van der Waals surface area (Å²) in [6.45, 7) is 0.301. The van der Waals surface area contributed by atoms with Crippen molar-refractivity contribution in [2.24, 2.45) is 5.73 Å². The number of aromatic carboxylic acids is 1. The number of carboxylic acid groups (broad SMARTS) is 1. The van der Waals surface area contributed by atoms with Crippen molar-refractivity contribution in [1.29, 1.82) is 0 Å². The molecule has 0 aromatic heterocycles. The lowest BCUT2D eigenvalue weighted by Crippen LogP contribution is -2.38. The van der Waals surface area contributed by atoms with E-state index in [4.69, 9.17) is 10.8 Å². The van der Waals surface area contributed by atoms with Crippen LogP contribution in [0, 0.1) is 0 Å². The first-order valence-corrected chi connectivity index (χ1v) is 5.54. The van der Waals surface area contributed by atoms with Crippen LogP contribution in [-0.2, 0) is 0 Å². The third-order valence-electron chi connectivity index (χ3n) is 2.20. The third kappa shape index (κ3) is 4.72. The Balaban J connectivity index is 2.50. The van der Waals surface area contributed by atoms with Crippen molar-refractivity contribution in [1.82, 2.24) is 10.6 Å². The maximum absolute atomic E-state index is 11.4. The molecule has 7 N–H and O–H groups in total. The van der Waals surface area contributed by atoms with Crippen molar-refractivity contribution >= 4 is 23.7 Å². The number of amides is 4. The Morgan fingerprint density at radius 3 is 2.35 bits per heavy atom. The van der Waals surface area contributed by atoms with E-state index in [-0.39, 0.29) is 30.1 Å². The van der Waals surface area contributed by atoms with Crippen LogP contribution in [0.15, 0.2) is 18.2 Å². The Kier molecular flexibility index (Phi) is 5.15. The Hall–Kier alpha value is -2.97. The van der Waals surface area contributed by atoms with Gasteiger partial charge in [-0.25, -0.2) is 14.4 Å². The van der Waals surface area contributed by atoms with Crippen LogP contribution < -0.4 is 21.7 Å². The van der Waals surface area contributed by atoms with Crippen LogP contribution in [0.3, 0.4) is 0 Å². The van der Waals surface area contributed by atoms with Crippen LogP contribution in [0.25, 0.3) is 0 Å². The number of anilines is 1. The van der Waals surface area contributed by atoms with Crippen molar-refractivity contribution < 1.29 is 24.6 Å². The summed E-state index contributed by atoms with van der Waals surface area (Å²) in [4.78, 5) is 32.5. The zero-order chi connectivity index (χ0) is 15.1. The monoisotopic (exact) mass is 282 g/mol. The second kappa shape index (κ2) is 6.83. The number of carbonyl (C=O) groups is 3.